The molecule has 1 aliphatic heterocycles. The summed E-state index contributed by atoms with van der Waals surface area (Å²) < 4.78 is 11.9. The highest BCUT2D eigenvalue weighted by molar-refractivity contribution is 6.74. The third-order valence-corrected chi connectivity index (χ3v) is 10.6. The fourth-order valence-electron chi connectivity index (χ4n) is 3.36. The topological polar surface area (TPSA) is 48.0 Å². The number of esters is 1. The molecule has 1 aliphatic rings. The van der Waals surface area contributed by atoms with Gasteiger partial charge in [0.05, 0.1) is 13.2 Å². The molecule has 2 atom stereocenters. The zero-order valence-corrected chi connectivity index (χ0v) is 19.6. The van der Waals surface area contributed by atoms with Gasteiger partial charge in [0.1, 0.15) is 0 Å². The number of carbonyl (C=O) groups is 1. The second-order valence-corrected chi connectivity index (χ2v) is 14.0. The number of methoxy groups -OCH3 is 1. The smallest absolute Gasteiger partial charge is 0.343 e. The van der Waals surface area contributed by atoms with E-state index in [1.165, 1.54) is 7.11 Å². The first-order chi connectivity index (χ1) is 13.1. The highest BCUT2D eigenvalue weighted by Crippen LogP contribution is 2.42. The summed E-state index contributed by atoms with van der Waals surface area (Å²) in [7, 11) is -0.648. The largest absolute Gasteiger partial charge is 0.467 e. The number of ether oxygens (including phenoxy) is 1. The second-order valence-electron chi connectivity index (χ2n) is 9.23. The zero-order valence-electron chi connectivity index (χ0n) is 18.6. The van der Waals surface area contributed by atoms with Gasteiger partial charge in [-0.25, -0.2) is 4.79 Å². The van der Waals surface area contributed by atoms with Crippen LogP contribution in [-0.2, 0) is 25.3 Å². The summed E-state index contributed by atoms with van der Waals surface area (Å²) >= 11 is 0. The minimum Gasteiger partial charge on any atom is -0.467 e. The molecule has 2 rings (SSSR count). The van der Waals surface area contributed by atoms with Gasteiger partial charge in [0.2, 0.25) is 5.60 Å². The van der Waals surface area contributed by atoms with Crippen LogP contribution in [0.4, 0.5) is 0 Å². The molecule has 6 heteroatoms. The maximum absolute atomic E-state index is 12.9. The summed E-state index contributed by atoms with van der Waals surface area (Å²) in [5.41, 5.74) is 0.0789. The molecule has 5 nitrogen and oxygen atoms in total. The number of hydrogen-bond donors (Lipinski definition) is 0. The molecule has 1 aromatic rings. The van der Waals surface area contributed by atoms with Gasteiger partial charge >= 0.3 is 5.97 Å². The Bertz CT molecular complexity index is 644. The summed E-state index contributed by atoms with van der Waals surface area (Å²) in [6.45, 7) is 14.5. The Kier molecular flexibility index (Phi) is 7.48. The molecule has 1 heterocycles. The molecular formula is C22H37NO4Si. The van der Waals surface area contributed by atoms with Gasteiger partial charge in [-0.1, -0.05) is 64.4 Å². The van der Waals surface area contributed by atoms with E-state index in [9.17, 15) is 4.79 Å². The van der Waals surface area contributed by atoms with E-state index in [2.05, 4.69) is 52.9 Å². The first-order valence-corrected chi connectivity index (χ1v) is 13.2. The maximum Gasteiger partial charge on any atom is 0.343 e. The van der Waals surface area contributed by atoms with Crippen LogP contribution >= 0.6 is 0 Å². The Morgan fingerprint density at radius 1 is 1.29 bits per heavy atom. The van der Waals surface area contributed by atoms with Gasteiger partial charge < -0.3 is 9.16 Å². The molecule has 0 bridgehead atoms. The highest BCUT2D eigenvalue weighted by Gasteiger charge is 2.56. The van der Waals surface area contributed by atoms with E-state index in [-0.39, 0.29) is 17.1 Å². The molecule has 28 heavy (non-hydrogen) atoms. The lowest BCUT2D eigenvalue weighted by atomic mass is 9.90. The standard InChI is InChI=1S/C22H37NO4Si/c1-8-12-19(26-28(6,7)21(2,3)4)22(20(24)25-5)15-16-23(27-22)17-18-13-10-9-11-14-18/h9-11,13-14,19H,8,12,15-17H2,1-7H3/t19-,22+/m1/s1. The molecule has 0 N–H and O–H groups in total. The quantitative estimate of drug-likeness (QED) is 0.452. The number of hydroxylamine groups is 2. The molecule has 158 valence electrons. The van der Waals surface area contributed by atoms with Crippen LogP contribution in [0.2, 0.25) is 18.1 Å². The van der Waals surface area contributed by atoms with Crippen molar-refractivity contribution in [3.63, 3.8) is 0 Å². The Hall–Kier alpha value is -1.21. The van der Waals surface area contributed by atoms with Crippen molar-refractivity contribution >= 4 is 14.3 Å². The van der Waals surface area contributed by atoms with Gasteiger partial charge in [-0.15, -0.1) is 0 Å². The van der Waals surface area contributed by atoms with Crippen LogP contribution in [0.15, 0.2) is 30.3 Å². The molecule has 0 aromatic heterocycles. The van der Waals surface area contributed by atoms with Crippen molar-refractivity contribution in [1.29, 1.82) is 0 Å². The lowest BCUT2D eigenvalue weighted by Gasteiger charge is -2.43. The van der Waals surface area contributed by atoms with Gasteiger partial charge in [0.25, 0.3) is 0 Å². The van der Waals surface area contributed by atoms with Gasteiger partial charge in [0, 0.05) is 19.5 Å². The second kappa shape index (κ2) is 9.07. The van der Waals surface area contributed by atoms with E-state index in [1.807, 2.05) is 23.3 Å². The molecule has 0 spiro atoms. The predicted molar refractivity (Wildman–Crippen MR) is 114 cm³/mol. The van der Waals surface area contributed by atoms with E-state index in [0.29, 0.717) is 19.5 Å². The molecule has 0 aliphatic carbocycles. The van der Waals surface area contributed by atoms with E-state index in [1.54, 1.807) is 0 Å². The van der Waals surface area contributed by atoms with Crippen LogP contribution in [0.1, 0.15) is 52.5 Å². The predicted octanol–water partition coefficient (Wildman–Crippen LogP) is 4.93. The number of benzene rings is 1. The minimum atomic E-state index is -2.08. The molecule has 0 unspecified atom stereocenters. The van der Waals surface area contributed by atoms with Crippen LogP contribution in [0.3, 0.4) is 0 Å². The Morgan fingerprint density at radius 2 is 1.93 bits per heavy atom. The maximum atomic E-state index is 12.9. The lowest BCUT2D eigenvalue weighted by molar-refractivity contribution is -0.237. The van der Waals surface area contributed by atoms with Crippen LogP contribution in [0.5, 0.6) is 0 Å². The SMILES string of the molecule is CCC[C@@H](O[Si](C)(C)C(C)(C)C)[C@]1(C(=O)OC)CCN(Cc2ccccc2)O1. The van der Waals surface area contributed by atoms with Crippen molar-refractivity contribution in [1.82, 2.24) is 5.06 Å². The summed E-state index contributed by atoms with van der Waals surface area (Å²) in [6.07, 6.45) is 1.94. The van der Waals surface area contributed by atoms with Crippen molar-refractivity contribution in [3.8, 4) is 0 Å². The molecule has 1 aromatic carbocycles. The first kappa shape index (κ1) is 23.1. The van der Waals surface area contributed by atoms with Gasteiger partial charge in [0.15, 0.2) is 8.32 Å². The zero-order chi connectivity index (χ0) is 21.0. The van der Waals surface area contributed by atoms with E-state index in [0.717, 1.165) is 18.4 Å². The number of rotatable bonds is 8. The van der Waals surface area contributed by atoms with E-state index >= 15 is 0 Å². The number of carbonyl (C=O) groups excluding carboxylic acids is 1. The highest BCUT2D eigenvalue weighted by atomic mass is 28.4. The molecule has 0 amide bonds. The van der Waals surface area contributed by atoms with E-state index in [4.69, 9.17) is 14.0 Å². The fraction of sp³-hybridized carbons (Fsp3) is 0.682. The summed E-state index contributed by atoms with van der Waals surface area (Å²) in [4.78, 5) is 19.3. The average Bonchev–Trinajstić information content (AvgIpc) is 3.05. The summed E-state index contributed by atoms with van der Waals surface area (Å²) in [5, 5.41) is 1.93. The van der Waals surface area contributed by atoms with Crippen molar-refractivity contribution in [2.45, 2.75) is 83.3 Å². The third-order valence-electron chi connectivity index (χ3n) is 6.07. The molecular weight excluding hydrogens is 370 g/mol. The average molecular weight is 408 g/mol. The van der Waals surface area contributed by atoms with Crippen molar-refractivity contribution in [2.75, 3.05) is 13.7 Å². The third kappa shape index (κ3) is 5.03. The van der Waals surface area contributed by atoms with Crippen molar-refractivity contribution in [2.24, 2.45) is 0 Å². The van der Waals surface area contributed by atoms with Crippen LogP contribution < -0.4 is 0 Å². The minimum absolute atomic E-state index is 0.0542. The van der Waals surface area contributed by atoms with Gasteiger partial charge in [-0.3, -0.25) is 4.84 Å². The van der Waals surface area contributed by atoms with E-state index < -0.39 is 13.9 Å². The molecule has 0 radical (unpaired) electrons. The van der Waals surface area contributed by atoms with Crippen LogP contribution in [0, 0.1) is 0 Å². The van der Waals surface area contributed by atoms with Crippen LogP contribution in [-0.4, -0.2) is 44.7 Å². The molecule has 1 fully saturated rings. The number of hydrogen-bond acceptors (Lipinski definition) is 5. The summed E-state index contributed by atoms with van der Waals surface area (Å²) in [6, 6.07) is 10.2. The monoisotopic (exact) mass is 407 g/mol. The van der Waals surface area contributed by atoms with Crippen molar-refractivity contribution < 1.29 is 18.8 Å². The Morgan fingerprint density at radius 3 is 2.46 bits per heavy atom. The van der Waals surface area contributed by atoms with Gasteiger partial charge in [-0.05, 0) is 30.1 Å². The van der Waals surface area contributed by atoms with Crippen LogP contribution in [0.25, 0.3) is 0 Å². The lowest BCUT2D eigenvalue weighted by Crippen LogP contribution is -2.57. The normalized spacial score (nSPS) is 22.2. The molecule has 1 saturated heterocycles. The molecule has 0 saturated carbocycles. The van der Waals surface area contributed by atoms with Crippen molar-refractivity contribution in [3.05, 3.63) is 35.9 Å². The number of nitrogens with zero attached hydrogens (tertiary/aromatic N) is 1. The first-order valence-electron chi connectivity index (χ1n) is 10.3. The van der Waals surface area contributed by atoms with Gasteiger partial charge in [-0.2, -0.15) is 5.06 Å². The fourth-order valence-corrected chi connectivity index (χ4v) is 4.73. The Labute approximate surface area is 171 Å². The Balaban J connectivity index is 2.28. The summed E-state index contributed by atoms with van der Waals surface area (Å²) in [5.74, 6) is -0.333.